The number of hydrogen-bond acceptors (Lipinski definition) is 3. The topological polar surface area (TPSA) is 24.9 Å². The van der Waals surface area contributed by atoms with E-state index in [4.69, 9.17) is 0 Å². The molecule has 2 nitrogen and oxygen atoms in total. The van der Waals surface area contributed by atoms with E-state index in [0.717, 1.165) is 19.5 Å². The highest BCUT2D eigenvalue weighted by molar-refractivity contribution is 7.98. The second kappa shape index (κ2) is 7.83. The maximum absolute atomic E-state index is 4.09. The van der Waals surface area contributed by atoms with Crippen molar-refractivity contribution in [1.82, 2.24) is 10.3 Å². The predicted octanol–water partition coefficient (Wildman–Crippen LogP) is 1.97. The van der Waals surface area contributed by atoms with Crippen molar-refractivity contribution in [1.29, 1.82) is 0 Å². The zero-order valence-electron chi connectivity index (χ0n) is 8.70. The summed E-state index contributed by atoms with van der Waals surface area (Å²) >= 11 is 1.88. The van der Waals surface area contributed by atoms with Crippen LogP contribution in [0.2, 0.25) is 0 Å². The summed E-state index contributed by atoms with van der Waals surface area (Å²) in [4.78, 5) is 4.09. The van der Waals surface area contributed by atoms with Gasteiger partial charge in [-0.05, 0) is 37.3 Å². The molecule has 0 unspecified atom stereocenters. The Morgan fingerprint density at radius 2 is 2.36 bits per heavy atom. The SMILES string of the molecule is CSCCNCCCc1cccnc1. The Morgan fingerprint density at radius 3 is 3.07 bits per heavy atom. The van der Waals surface area contributed by atoms with E-state index in [0.29, 0.717) is 0 Å². The van der Waals surface area contributed by atoms with Gasteiger partial charge >= 0.3 is 0 Å². The first-order valence-corrected chi connectivity index (χ1v) is 6.41. The van der Waals surface area contributed by atoms with Crippen molar-refractivity contribution in [2.75, 3.05) is 25.1 Å². The lowest BCUT2D eigenvalue weighted by molar-refractivity contribution is 0.675. The first-order valence-electron chi connectivity index (χ1n) is 5.02. The number of pyridine rings is 1. The van der Waals surface area contributed by atoms with Crippen LogP contribution in [0.15, 0.2) is 24.5 Å². The highest BCUT2D eigenvalue weighted by Gasteiger charge is 1.91. The van der Waals surface area contributed by atoms with Crippen LogP contribution >= 0.6 is 11.8 Å². The van der Waals surface area contributed by atoms with E-state index in [9.17, 15) is 0 Å². The molecular weight excluding hydrogens is 192 g/mol. The molecule has 0 aromatic carbocycles. The van der Waals surface area contributed by atoms with Crippen LogP contribution < -0.4 is 5.32 Å². The van der Waals surface area contributed by atoms with Gasteiger partial charge in [0.1, 0.15) is 0 Å². The van der Waals surface area contributed by atoms with Crippen LogP contribution in [0.25, 0.3) is 0 Å². The molecule has 0 amide bonds. The van der Waals surface area contributed by atoms with E-state index in [2.05, 4.69) is 22.6 Å². The zero-order chi connectivity index (χ0) is 10.1. The third-order valence-corrected chi connectivity index (χ3v) is 2.64. The van der Waals surface area contributed by atoms with Gasteiger partial charge in [0.25, 0.3) is 0 Å². The van der Waals surface area contributed by atoms with Gasteiger partial charge in [0.05, 0.1) is 0 Å². The van der Waals surface area contributed by atoms with Gasteiger partial charge in [0.15, 0.2) is 0 Å². The molecule has 0 fully saturated rings. The summed E-state index contributed by atoms with van der Waals surface area (Å²) in [5, 5.41) is 3.42. The Kier molecular flexibility index (Phi) is 6.45. The minimum atomic E-state index is 1.11. The number of hydrogen-bond donors (Lipinski definition) is 1. The Hall–Kier alpha value is -0.540. The Morgan fingerprint density at radius 1 is 1.43 bits per heavy atom. The van der Waals surface area contributed by atoms with Gasteiger partial charge in [0.2, 0.25) is 0 Å². The van der Waals surface area contributed by atoms with E-state index in [-0.39, 0.29) is 0 Å². The highest BCUT2D eigenvalue weighted by Crippen LogP contribution is 1.99. The fraction of sp³-hybridized carbons (Fsp3) is 0.545. The molecular formula is C11H18N2S. The summed E-state index contributed by atoms with van der Waals surface area (Å²) in [6, 6.07) is 4.13. The van der Waals surface area contributed by atoms with Crippen LogP contribution in [0.3, 0.4) is 0 Å². The first kappa shape index (κ1) is 11.5. The summed E-state index contributed by atoms with van der Waals surface area (Å²) in [6.07, 6.45) is 8.22. The number of rotatable bonds is 7. The van der Waals surface area contributed by atoms with Crippen LogP contribution in [0, 0.1) is 0 Å². The second-order valence-corrected chi connectivity index (χ2v) is 4.19. The molecule has 1 aromatic heterocycles. The summed E-state index contributed by atoms with van der Waals surface area (Å²) in [7, 11) is 0. The van der Waals surface area contributed by atoms with Crippen molar-refractivity contribution in [2.24, 2.45) is 0 Å². The maximum atomic E-state index is 4.09. The van der Waals surface area contributed by atoms with Crippen LogP contribution in [0.4, 0.5) is 0 Å². The number of nitrogens with one attached hydrogen (secondary N) is 1. The lowest BCUT2D eigenvalue weighted by Crippen LogP contribution is -2.18. The first-order chi connectivity index (χ1) is 6.93. The Labute approximate surface area is 90.5 Å². The fourth-order valence-electron chi connectivity index (χ4n) is 1.26. The molecule has 0 radical (unpaired) electrons. The molecule has 14 heavy (non-hydrogen) atoms. The van der Waals surface area contributed by atoms with Crippen molar-refractivity contribution in [3.8, 4) is 0 Å². The Balaban J connectivity index is 1.99. The number of thioether (sulfide) groups is 1. The number of aromatic nitrogens is 1. The Bertz CT molecular complexity index is 226. The lowest BCUT2D eigenvalue weighted by Gasteiger charge is -2.03. The molecule has 1 rings (SSSR count). The van der Waals surface area contributed by atoms with Crippen LogP contribution in [0.5, 0.6) is 0 Å². The molecule has 0 aliphatic rings. The number of nitrogens with zero attached hydrogens (tertiary/aromatic N) is 1. The van der Waals surface area contributed by atoms with Gasteiger partial charge < -0.3 is 5.32 Å². The molecule has 78 valence electrons. The van der Waals surface area contributed by atoms with Gasteiger partial charge in [-0.2, -0.15) is 11.8 Å². The summed E-state index contributed by atoms with van der Waals surface area (Å²) in [6.45, 7) is 2.23. The fourth-order valence-corrected chi connectivity index (χ4v) is 1.61. The van der Waals surface area contributed by atoms with E-state index in [1.807, 2.05) is 30.2 Å². The molecule has 0 saturated carbocycles. The standard InChI is InChI=1S/C11H18N2S/c1-14-9-8-12-6-2-4-11-5-3-7-13-10-11/h3,5,7,10,12H,2,4,6,8-9H2,1H3. The third-order valence-electron chi connectivity index (χ3n) is 2.02. The molecule has 3 heteroatoms. The molecule has 1 heterocycles. The minimum Gasteiger partial charge on any atom is -0.316 e. The van der Waals surface area contributed by atoms with Gasteiger partial charge in [0, 0.05) is 24.7 Å². The van der Waals surface area contributed by atoms with Gasteiger partial charge in [-0.1, -0.05) is 6.07 Å². The van der Waals surface area contributed by atoms with Crippen molar-refractivity contribution in [3.63, 3.8) is 0 Å². The molecule has 1 N–H and O–H groups in total. The average Bonchev–Trinajstić information content (AvgIpc) is 2.25. The minimum absolute atomic E-state index is 1.11. The monoisotopic (exact) mass is 210 g/mol. The quantitative estimate of drug-likeness (QED) is 0.696. The van der Waals surface area contributed by atoms with E-state index >= 15 is 0 Å². The summed E-state index contributed by atoms with van der Waals surface area (Å²) in [5.74, 6) is 1.20. The maximum Gasteiger partial charge on any atom is 0.0299 e. The molecule has 0 aliphatic heterocycles. The molecule has 1 aromatic rings. The van der Waals surface area contributed by atoms with Gasteiger partial charge in [-0.3, -0.25) is 4.98 Å². The summed E-state index contributed by atoms with van der Waals surface area (Å²) < 4.78 is 0. The van der Waals surface area contributed by atoms with Crippen molar-refractivity contribution >= 4 is 11.8 Å². The van der Waals surface area contributed by atoms with E-state index in [1.165, 1.54) is 17.7 Å². The zero-order valence-corrected chi connectivity index (χ0v) is 9.52. The van der Waals surface area contributed by atoms with Gasteiger partial charge in [-0.15, -0.1) is 0 Å². The molecule has 0 bridgehead atoms. The van der Waals surface area contributed by atoms with Crippen LogP contribution in [-0.4, -0.2) is 30.1 Å². The van der Waals surface area contributed by atoms with Crippen LogP contribution in [-0.2, 0) is 6.42 Å². The highest BCUT2D eigenvalue weighted by atomic mass is 32.2. The normalized spacial score (nSPS) is 10.4. The predicted molar refractivity (Wildman–Crippen MR) is 63.8 cm³/mol. The van der Waals surface area contributed by atoms with Crippen molar-refractivity contribution in [2.45, 2.75) is 12.8 Å². The molecule has 0 saturated heterocycles. The summed E-state index contributed by atoms with van der Waals surface area (Å²) in [5.41, 5.74) is 1.33. The molecule has 0 aliphatic carbocycles. The number of aryl methyl sites for hydroxylation is 1. The third kappa shape index (κ3) is 5.25. The smallest absolute Gasteiger partial charge is 0.0299 e. The van der Waals surface area contributed by atoms with Crippen molar-refractivity contribution < 1.29 is 0 Å². The average molecular weight is 210 g/mol. The second-order valence-electron chi connectivity index (χ2n) is 3.21. The van der Waals surface area contributed by atoms with Crippen LogP contribution in [0.1, 0.15) is 12.0 Å². The largest absolute Gasteiger partial charge is 0.316 e. The van der Waals surface area contributed by atoms with Gasteiger partial charge in [-0.25, -0.2) is 0 Å². The van der Waals surface area contributed by atoms with Crippen molar-refractivity contribution in [3.05, 3.63) is 30.1 Å². The van der Waals surface area contributed by atoms with E-state index < -0.39 is 0 Å². The molecule has 0 atom stereocenters. The lowest BCUT2D eigenvalue weighted by atomic mass is 10.1. The van der Waals surface area contributed by atoms with E-state index in [1.54, 1.807) is 0 Å². The molecule has 0 spiro atoms.